The van der Waals surface area contributed by atoms with E-state index < -0.39 is 27.0 Å². The number of alkyl halides is 3. The summed E-state index contributed by atoms with van der Waals surface area (Å²) in [6, 6.07) is 10.8. The predicted molar refractivity (Wildman–Crippen MR) is 79.9 cm³/mol. The van der Waals surface area contributed by atoms with Crippen LogP contribution in [0.25, 0.3) is 0 Å². The van der Waals surface area contributed by atoms with Crippen LogP contribution >= 0.6 is 11.6 Å². The van der Waals surface area contributed by atoms with Gasteiger partial charge in [-0.1, -0.05) is 35.9 Å². The lowest BCUT2D eigenvalue weighted by Crippen LogP contribution is -2.30. The number of anilines is 1. The molecule has 2 aromatic carbocycles. The summed E-state index contributed by atoms with van der Waals surface area (Å²) in [5, 5.41) is 0.268. The number of carbonyl (C=O) groups excluding carboxylic acids is 1. The molecule has 0 spiro atoms. The van der Waals surface area contributed by atoms with Crippen molar-refractivity contribution >= 4 is 33.1 Å². The molecule has 0 bridgehead atoms. The molecular weight excluding hydrogens is 355 g/mol. The highest BCUT2D eigenvalue weighted by Crippen LogP contribution is 2.28. The molecule has 0 radical (unpaired) electrons. The molecule has 4 nitrogen and oxygen atoms in total. The van der Waals surface area contributed by atoms with Crippen LogP contribution < -0.4 is 4.72 Å². The molecule has 0 heterocycles. The first-order chi connectivity index (χ1) is 10.6. The van der Waals surface area contributed by atoms with E-state index in [1.54, 1.807) is 0 Å². The lowest BCUT2D eigenvalue weighted by molar-refractivity contribution is -0.0429. The Labute approximate surface area is 134 Å². The predicted octanol–water partition coefficient (Wildman–Crippen LogP) is 3.83. The maximum atomic E-state index is 12.5. The molecule has 0 aliphatic carbocycles. The molecular formula is C14H9ClF3NO3S. The van der Waals surface area contributed by atoms with E-state index in [0.29, 0.717) is 0 Å². The number of para-hydroxylation sites is 1. The number of hydrogen-bond donors (Lipinski definition) is 1. The summed E-state index contributed by atoms with van der Waals surface area (Å²) in [6.45, 7) is 0. The monoisotopic (exact) mass is 363 g/mol. The summed E-state index contributed by atoms with van der Waals surface area (Å²) >= 11 is 5.77. The van der Waals surface area contributed by atoms with Crippen molar-refractivity contribution in [3.63, 3.8) is 0 Å². The zero-order valence-electron chi connectivity index (χ0n) is 11.3. The molecule has 122 valence electrons. The van der Waals surface area contributed by atoms with Gasteiger partial charge in [0, 0.05) is 16.1 Å². The van der Waals surface area contributed by atoms with Crippen molar-refractivity contribution in [1.82, 2.24) is 0 Å². The first-order valence-corrected chi connectivity index (χ1v) is 7.96. The number of ketones is 1. The molecule has 0 fully saturated rings. The Bertz CT molecular complexity index is 850. The van der Waals surface area contributed by atoms with Crippen molar-refractivity contribution in [3.05, 3.63) is 64.7 Å². The number of sulfonamides is 1. The number of nitrogens with one attached hydrogen (secondary N) is 1. The second kappa shape index (κ2) is 6.21. The van der Waals surface area contributed by atoms with Gasteiger partial charge in [0.1, 0.15) is 0 Å². The number of carbonyl (C=O) groups is 1. The molecule has 0 saturated carbocycles. The van der Waals surface area contributed by atoms with Gasteiger partial charge in [-0.05, 0) is 24.3 Å². The fourth-order valence-electron chi connectivity index (χ4n) is 1.76. The van der Waals surface area contributed by atoms with Gasteiger partial charge in [-0.15, -0.1) is 0 Å². The average molecular weight is 364 g/mol. The summed E-state index contributed by atoms with van der Waals surface area (Å²) in [5.74, 6) is -0.659. The molecule has 0 atom stereocenters. The second-order valence-electron chi connectivity index (χ2n) is 4.44. The van der Waals surface area contributed by atoms with Gasteiger partial charge in [0.25, 0.3) is 0 Å². The van der Waals surface area contributed by atoms with E-state index >= 15 is 0 Å². The largest absolute Gasteiger partial charge is 0.516 e. The van der Waals surface area contributed by atoms with Gasteiger partial charge in [0.2, 0.25) is 0 Å². The third-order valence-electron chi connectivity index (χ3n) is 2.81. The standard InChI is InChI=1S/C14H9ClF3NO3S/c15-10-5-3-4-9(8-10)13(20)11-6-1-2-7-12(11)19-23(21,22)14(16,17)18/h1-8,19H. The number of halogens is 4. The van der Waals surface area contributed by atoms with Gasteiger partial charge in [0.15, 0.2) is 5.78 Å². The molecule has 23 heavy (non-hydrogen) atoms. The lowest BCUT2D eigenvalue weighted by atomic mass is 10.0. The fraction of sp³-hybridized carbons (Fsp3) is 0.0714. The zero-order valence-corrected chi connectivity index (χ0v) is 12.8. The molecule has 1 N–H and O–H groups in total. The molecule has 0 saturated heterocycles. The maximum Gasteiger partial charge on any atom is 0.516 e. The van der Waals surface area contributed by atoms with Crippen molar-refractivity contribution in [2.75, 3.05) is 4.72 Å². The van der Waals surface area contributed by atoms with Crippen LogP contribution in [0.15, 0.2) is 48.5 Å². The molecule has 2 aromatic rings. The molecule has 0 aromatic heterocycles. The van der Waals surface area contributed by atoms with Crippen LogP contribution in [-0.2, 0) is 10.0 Å². The van der Waals surface area contributed by atoms with Crippen LogP contribution in [0.3, 0.4) is 0 Å². The van der Waals surface area contributed by atoms with E-state index in [-0.39, 0.29) is 16.1 Å². The van der Waals surface area contributed by atoms with E-state index in [0.717, 1.165) is 6.07 Å². The molecule has 0 unspecified atom stereocenters. The summed E-state index contributed by atoms with van der Waals surface area (Å²) < 4.78 is 61.2. The highest BCUT2D eigenvalue weighted by Gasteiger charge is 2.46. The Balaban J connectivity index is 2.45. The Morgan fingerprint density at radius 1 is 1.04 bits per heavy atom. The second-order valence-corrected chi connectivity index (χ2v) is 6.55. The van der Waals surface area contributed by atoms with E-state index in [9.17, 15) is 26.4 Å². The summed E-state index contributed by atoms with van der Waals surface area (Å²) in [6.07, 6.45) is 0. The summed E-state index contributed by atoms with van der Waals surface area (Å²) in [7, 11) is -5.63. The van der Waals surface area contributed by atoms with Gasteiger partial charge < -0.3 is 0 Å². The molecule has 0 aliphatic heterocycles. The van der Waals surface area contributed by atoms with E-state index in [2.05, 4.69) is 0 Å². The highest BCUT2D eigenvalue weighted by atomic mass is 35.5. The number of benzene rings is 2. The van der Waals surface area contributed by atoms with Crippen molar-refractivity contribution < 1.29 is 26.4 Å². The van der Waals surface area contributed by atoms with Crippen LogP contribution in [0.1, 0.15) is 15.9 Å². The van der Waals surface area contributed by atoms with Gasteiger partial charge in [-0.25, -0.2) is 0 Å². The van der Waals surface area contributed by atoms with Crippen LogP contribution in [0, 0.1) is 0 Å². The Morgan fingerprint density at radius 3 is 2.30 bits per heavy atom. The lowest BCUT2D eigenvalue weighted by Gasteiger charge is -2.13. The number of rotatable bonds is 4. The first kappa shape index (κ1) is 17.3. The maximum absolute atomic E-state index is 12.5. The minimum Gasteiger partial charge on any atom is -0.289 e. The normalized spacial score (nSPS) is 12.0. The van der Waals surface area contributed by atoms with Gasteiger partial charge in [-0.2, -0.15) is 21.6 Å². The molecule has 0 amide bonds. The summed E-state index contributed by atoms with van der Waals surface area (Å²) in [4.78, 5) is 12.4. The Kier molecular flexibility index (Phi) is 4.67. The van der Waals surface area contributed by atoms with E-state index in [1.807, 2.05) is 0 Å². The van der Waals surface area contributed by atoms with Crippen LogP contribution in [0.5, 0.6) is 0 Å². The first-order valence-electron chi connectivity index (χ1n) is 6.10. The topological polar surface area (TPSA) is 63.2 Å². The third kappa shape index (κ3) is 3.83. The minimum absolute atomic E-state index is 0.121. The smallest absolute Gasteiger partial charge is 0.289 e. The molecule has 0 aliphatic rings. The SMILES string of the molecule is O=C(c1cccc(Cl)c1)c1ccccc1NS(=O)(=O)C(F)(F)F. The molecule has 2 rings (SSSR count). The quantitative estimate of drug-likeness (QED) is 0.840. The average Bonchev–Trinajstić information content (AvgIpc) is 2.45. The summed E-state index contributed by atoms with van der Waals surface area (Å²) in [5.41, 5.74) is -6.05. The van der Waals surface area contributed by atoms with Crippen molar-refractivity contribution in [2.45, 2.75) is 5.51 Å². The zero-order chi connectivity index (χ0) is 17.3. The van der Waals surface area contributed by atoms with E-state index in [4.69, 9.17) is 11.6 Å². The van der Waals surface area contributed by atoms with Gasteiger partial charge in [0.05, 0.1) is 5.69 Å². The van der Waals surface area contributed by atoms with Gasteiger partial charge >= 0.3 is 15.5 Å². The highest BCUT2D eigenvalue weighted by molar-refractivity contribution is 7.93. The molecule has 9 heteroatoms. The fourth-order valence-corrected chi connectivity index (χ4v) is 2.53. The Morgan fingerprint density at radius 2 is 1.70 bits per heavy atom. The van der Waals surface area contributed by atoms with Crippen LogP contribution in [0.2, 0.25) is 5.02 Å². The number of hydrogen-bond acceptors (Lipinski definition) is 3. The minimum atomic E-state index is -5.63. The van der Waals surface area contributed by atoms with Crippen molar-refractivity contribution in [3.8, 4) is 0 Å². The van der Waals surface area contributed by atoms with Crippen LogP contribution in [0.4, 0.5) is 18.9 Å². The van der Waals surface area contributed by atoms with Crippen LogP contribution in [-0.4, -0.2) is 19.7 Å². The Hall–Kier alpha value is -2.06. The van der Waals surface area contributed by atoms with Gasteiger partial charge in [-0.3, -0.25) is 9.52 Å². The van der Waals surface area contributed by atoms with Crippen molar-refractivity contribution in [2.24, 2.45) is 0 Å². The van der Waals surface area contributed by atoms with E-state index in [1.165, 1.54) is 47.2 Å². The van der Waals surface area contributed by atoms with Crippen molar-refractivity contribution in [1.29, 1.82) is 0 Å². The third-order valence-corrected chi connectivity index (χ3v) is 4.14.